The van der Waals surface area contributed by atoms with E-state index in [-0.39, 0.29) is 29.5 Å². The van der Waals surface area contributed by atoms with Gasteiger partial charge in [-0.15, -0.1) is 12.4 Å². The van der Waals surface area contributed by atoms with E-state index in [1.807, 2.05) is 0 Å². The number of nitrogens with zero attached hydrogens (tertiary/aromatic N) is 1. The third-order valence-electron chi connectivity index (χ3n) is 3.95. The minimum absolute atomic E-state index is 0. The fourth-order valence-electron chi connectivity index (χ4n) is 2.57. The standard InChI is InChI=1S/C16H17NO4.ClH/c1-10-7-11(18)8-15-12(10)9-13(16(20)21-15)14(19)3-6-17-4-2-5-17;/h7-9,18H,2-6H2,1H3;1H. The molecule has 2 aromatic rings. The van der Waals surface area contributed by atoms with Crippen LogP contribution >= 0.6 is 12.4 Å². The van der Waals surface area contributed by atoms with E-state index >= 15 is 0 Å². The normalized spacial score (nSPS) is 14.4. The lowest BCUT2D eigenvalue weighted by atomic mass is 10.0. The van der Waals surface area contributed by atoms with Crippen LogP contribution in [0.25, 0.3) is 11.0 Å². The van der Waals surface area contributed by atoms with Gasteiger partial charge in [0.1, 0.15) is 16.9 Å². The molecular weight excluding hydrogens is 306 g/mol. The lowest BCUT2D eigenvalue weighted by Gasteiger charge is -2.30. The summed E-state index contributed by atoms with van der Waals surface area (Å²) >= 11 is 0. The Morgan fingerprint density at radius 1 is 1.32 bits per heavy atom. The molecule has 1 aliphatic rings. The zero-order chi connectivity index (χ0) is 15.0. The van der Waals surface area contributed by atoms with E-state index in [0.717, 1.165) is 18.7 Å². The Balaban J connectivity index is 0.00000176. The van der Waals surface area contributed by atoms with Crippen molar-refractivity contribution in [2.45, 2.75) is 19.8 Å². The molecular formula is C16H18ClNO4. The number of rotatable bonds is 4. The molecule has 118 valence electrons. The van der Waals surface area contributed by atoms with Crippen molar-refractivity contribution in [2.75, 3.05) is 19.6 Å². The number of aryl methyl sites for hydroxylation is 1. The third-order valence-corrected chi connectivity index (χ3v) is 3.95. The Morgan fingerprint density at radius 2 is 2.05 bits per heavy atom. The highest BCUT2D eigenvalue weighted by Crippen LogP contribution is 2.24. The molecule has 1 aliphatic heterocycles. The largest absolute Gasteiger partial charge is 0.508 e. The minimum Gasteiger partial charge on any atom is -0.508 e. The molecule has 1 aromatic heterocycles. The van der Waals surface area contributed by atoms with Crippen LogP contribution in [0.4, 0.5) is 0 Å². The molecule has 0 bridgehead atoms. The molecule has 1 aromatic carbocycles. The van der Waals surface area contributed by atoms with Gasteiger partial charge in [0.15, 0.2) is 5.78 Å². The Hall–Kier alpha value is -1.85. The molecule has 22 heavy (non-hydrogen) atoms. The monoisotopic (exact) mass is 323 g/mol. The summed E-state index contributed by atoms with van der Waals surface area (Å²) in [6, 6.07) is 4.54. The summed E-state index contributed by atoms with van der Waals surface area (Å²) in [6.07, 6.45) is 1.50. The molecule has 0 radical (unpaired) electrons. The van der Waals surface area contributed by atoms with Gasteiger partial charge in [0.2, 0.25) is 0 Å². The molecule has 1 saturated heterocycles. The number of carbonyl (C=O) groups is 1. The van der Waals surface area contributed by atoms with Crippen LogP contribution in [-0.4, -0.2) is 35.4 Å². The number of fused-ring (bicyclic) bond motifs is 1. The lowest BCUT2D eigenvalue weighted by molar-refractivity contribution is 0.0939. The number of phenols is 1. The fourth-order valence-corrected chi connectivity index (χ4v) is 2.57. The Bertz CT molecular complexity index is 765. The van der Waals surface area contributed by atoms with Crippen LogP contribution in [0.15, 0.2) is 27.4 Å². The number of hydrogen-bond donors (Lipinski definition) is 1. The maximum atomic E-state index is 12.2. The number of aromatic hydroxyl groups is 1. The summed E-state index contributed by atoms with van der Waals surface area (Å²) in [7, 11) is 0. The van der Waals surface area contributed by atoms with E-state index in [9.17, 15) is 14.7 Å². The smallest absolute Gasteiger partial charge is 0.347 e. The second-order valence-corrected chi connectivity index (χ2v) is 5.49. The first kappa shape index (κ1) is 16.5. The van der Waals surface area contributed by atoms with Crippen LogP contribution < -0.4 is 5.63 Å². The highest BCUT2D eigenvalue weighted by Gasteiger charge is 2.18. The lowest BCUT2D eigenvalue weighted by Crippen LogP contribution is -2.38. The zero-order valence-electron chi connectivity index (χ0n) is 12.3. The fraction of sp³-hybridized carbons (Fsp3) is 0.375. The SMILES string of the molecule is Cc1cc(O)cc2oc(=O)c(C(=O)CCN3CCC3)cc12.Cl. The summed E-state index contributed by atoms with van der Waals surface area (Å²) in [5.41, 5.74) is 0.528. The number of likely N-dealkylation sites (tertiary alicyclic amines) is 1. The molecule has 0 saturated carbocycles. The van der Waals surface area contributed by atoms with Crippen molar-refractivity contribution in [3.63, 3.8) is 0 Å². The molecule has 1 fully saturated rings. The van der Waals surface area contributed by atoms with Gasteiger partial charge in [-0.25, -0.2) is 4.79 Å². The van der Waals surface area contributed by atoms with Crippen LogP contribution in [0.3, 0.4) is 0 Å². The summed E-state index contributed by atoms with van der Waals surface area (Å²) in [4.78, 5) is 26.3. The summed E-state index contributed by atoms with van der Waals surface area (Å²) in [5, 5.41) is 10.2. The Morgan fingerprint density at radius 3 is 2.68 bits per heavy atom. The number of Topliss-reactive ketones (excluding diaryl/α,β-unsaturated/α-hetero) is 1. The first-order valence-corrected chi connectivity index (χ1v) is 7.07. The summed E-state index contributed by atoms with van der Waals surface area (Å²) in [5.74, 6) is -0.148. The first-order valence-electron chi connectivity index (χ1n) is 7.07. The number of ketones is 1. The average Bonchev–Trinajstić information content (AvgIpc) is 2.35. The van der Waals surface area contributed by atoms with Crippen LogP contribution in [0, 0.1) is 6.92 Å². The number of phenolic OH excluding ortho intramolecular Hbond substituents is 1. The van der Waals surface area contributed by atoms with Crippen molar-refractivity contribution in [2.24, 2.45) is 0 Å². The van der Waals surface area contributed by atoms with Crippen molar-refractivity contribution in [3.8, 4) is 5.75 Å². The zero-order valence-corrected chi connectivity index (χ0v) is 13.1. The summed E-state index contributed by atoms with van der Waals surface area (Å²) < 4.78 is 5.17. The quantitative estimate of drug-likeness (QED) is 0.691. The van der Waals surface area contributed by atoms with Gasteiger partial charge >= 0.3 is 5.63 Å². The molecule has 0 atom stereocenters. The molecule has 6 heteroatoms. The van der Waals surface area contributed by atoms with E-state index in [2.05, 4.69) is 4.90 Å². The van der Waals surface area contributed by atoms with Gasteiger partial charge in [-0.05, 0) is 44.1 Å². The number of carbonyl (C=O) groups excluding carboxylic acids is 1. The number of halogens is 1. The van der Waals surface area contributed by atoms with Crippen molar-refractivity contribution in [1.29, 1.82) is 0 Å². The summed E-state index contributed by atoms with van der Waals surface area (Å²) in [6.45, 7) is 4.54. The Kier molecular flexibility index (Phi) is 4.88. The average molecular weight is 324 g/mol. The van der Waals surface area contributed by atoms with Gasteiger partial charge in [0.25, 0.3) is 0 Å². The van der Waals surface area contributed by atoms with Gasteiger partial charge in [-0.1, -0.05) is 0 Å². The van der Waals surface area contributed by atoms with Gasteiger partial charge in [0, 0.05) is 24.4 Å². The number of hydrogen-bond acceptors (Lipinski definition) is 5. The molecule has 0 unspecified atom stereocenters. The molecule has 0 aliphatic carbocycles. The predicted octanol–water partition coefficient (Wildman–Crippen LogP) is 2.51. The van der Waals surface area contributed by atoms with E-state index < -0.39 is 5.63 Å². The number of benzene rings is 1. The molecule has 5 nitrogen and oxygen atoms in total. The Labute approximate surface area is 133 Å². The van der Waals surface area contributed by atoms with Crippen molar-refractivity contribution >= 4 is 29.2 Å². The predicted molar refractivity (Wildman–Crippen MR) is 86.1 cm³/mol. The topological polar surface area (TPSA) is 70.8 Å². The van der Waals surface area contributed by atoms with Gasteiger partial charge in [-0.3, -0.25) is 4.79 Å². The van der Waals surface area contributed by atoms with E-state index in [4.69, 9.17) is 4.42 Å². The van der Waals surface area contributed by atoms with Crippen LogP contribution in [0.1, 0.15) is 28.8 Å². The second-order valence-electron chi connectivity index (χ2n) is 5.49. The highest BCUT2D eigenvalue weighted by atomic mass is 35.5. The maximum Gasteiger partial charge on any atom is 0.347 e. The van der Waals surface area contributed by atoms with Crippen molar-refractivity contribution < 1.29 is 14.3 Å². The molecule has 2 heterocycles. The van der Waals surface area contributed by atoms with Crippen LogP contribution in [0.5, 0.6) is 5.75 Å². The van der Waals surface area contributed by atoms with Gasteiger partial charge in [0.05, 0.1) is 0 Å². The first-order chi connectivity index (χ1) is 10.0. The van der Waals surface area contributed by atoms with Crippen LogP contribution in [-0.2, 0) is 0 Å². The highest BCUT2D eigenvalue weighted by molar-refractivity contribution is 5.98. The third kappa shape index (κ3) is 3.15. The molecule has 3 rings (SSSR count). The van der Waals surface area contributed by atoms with Gasteiger partial charge < -0.3 is 14.4 Å². The molecule has 0 amide bonds. The minimum atomic E-state index is -0.638. The maximum absolute atomic E-state index is 12.2. The van der Waals surface area contributed by atoms with Crippen LogP contribution in [0.2, 0.25) is 0 Å². The van der Waals surface area contributed by atoms with E-state index in [1.54, 1.807) is 19.1 Å². The second kappa shape index (κ2) is 6.50. The van der Waals surface area contributed by atoms with E-state index in [1.165, 1.54) is 12.5 Å². The molecule has 0 spiro atoms. The van der Waals surface area contributed by atoms with Crippen molar-refractivity contribution in [3.05, 3.63) is 39.7 Å². The van der Waals surface area contributed by atoms with E-state index in [0.29, 0.717) is 23.9 Å². The molecule has 1 N–H and O–H groups in total. The van der Waals surface area contributed by atoms with Gasteiger partial charge in [-0.2, -0.15) is 0 Å². The van der Waals surface area contributed by atoms with Crippen molar-refractivity contribution in [1.82, 2.24) is 4.90 Å².